The first-order valence-electron chi connectivity index (χ1n) is 5.99. The third-order valence-electron chi connectivity index (χ3n) is 2.61. The minimum Gasteiger partial charge on any atom is -0.383 e. The van der Waals surface area contributed by atoms with Crippen LogP contribution in [-0.2, 0) is 16.0 Å². The second-order valence-corrected chi connectivity index (χ2v) is 4.21. The molecule has 1 rings (SSSR count). The zero-order chi connectivity index (χ0) is 14.3. The van der Waals surface area contributed by atoms with Gasteiger partial charge in [0.15, 0.2) is 0 Å². The smallest absolute Gasteiger partial charge is 0.224 e. The highest BCUT2D eigenvalue weighted by Crippen LogP contribution is 2.10. The van der Waals surface area contributed by atoms with Crippen molar-refractivity contribution >= 4 is 5.91 Å². The predicted octanol–water partition coefficient (Wildman–Crippen LogP) is 0.987. The number of halogens is 2. The van der Waals surface area contributed by atoms with Crippen LogP contribution in [0.1, 0.15) is 12.0 Å². The summed E-state index contributed by atoms with van der Waals surface area (Å²) in [5, 5.41) is 2.70. The summed E-state index contributed by atoms with van der Waals surface area (Å²) in [7, 11) is 1.52. The molecule has 0 saturated heterocycles. The summed E-state index contributed by atoms with van der Waals surface area (Å²) in [6.07, 6.45) is 0.433. The fourth-order valence-electron chi connectivity index (χ4n) is 1.72. The van der Waals surface area contributed by atoms with E-state index < -0.39 is 11.6 Å². The van der Waals surface area contributed by atoms with Crippen molar-refractivity contribution in [2.75, 3.05) is 20.3 Å². The summed E-state index contributed by atoms with van der Waals surface area (Å²) < 4.78 is 31.1. The Labute approximate surface area is 110 Å². The lowest BCUT2D eigenvalue weighted by molar-refractivity contribution is -0.121. The first kappa shape index (κ1) is 15.5. The van der Waals surface area contributed by atoms with Crippen LogP contribution >= 0.6 is 0 Å². The summed E-state index contributed by atoms with van der Waals surface area (Å²) in [6, 6.07) is 2.94. The van der Waals surface area contributed by atoms with Crippen LogP contribution in [0, 0.1) is 11.6 Å². The monoisotopic (exact) mass is 272 g/mol. The van der Waals surface area contributed by atoms with Crippen LogP contribution in [0.3, 0.4) is 0 Å². The Morgan fingerprint density at radius 1 is 1.47 bits per heavy atom. The molecule has 0 aliphatic rings. The fourth-order valence-corrected chi connectivity index (χ4v) is 1.72. The van der Waals surface area contributed by atoms with Crippen molar-refractivity contribution in [3.05, 3.63) is 35.4 Å². The van der Waals surface area contributed by atoms with Gasteiger partial charge in [0.05, 0.1) is 19.1 Å². The van der Waals surface area contributed by atoms with E-state index in [1.807, 2.05) is 0 Å². The van der Waals surface area contributed by atoms with Gasteiger partial charge in [-0.2, -0.15) is 0 Å². The van der Waals surface area contributed by atoms with E-state index in [4.69, 9.17) is 10.5 Å². The van der Waals surface area contributed by atoms with E-state index in [9.17, 15) is 13.6 Å². The molecule has 1 aromatic carbocycles. The molecule has 1 atom stereocenters. The van der Waals surface area contributed by atoms with E-state index >= 15 is 0 Å². The van der Waals surface area contributed by atoms with E-state index in [-0.39, 0.29) is 23.9 Å². The third-order valence-corrected chi connectivity index (χ3v) is 2.61. The molecule has 0 radical (unpaired) electrons. The topological polar surface area (TPSA) is 64.3 Å². The van der Waals surface area contributed by atoms with Crippen LogP contribution < -0.4 is 11.1 Å². The summed E-state index contributed by atoms with van der Waals surface area (Å²) >= 11 is 0. The number of amides is 1. The molecule has 6 heteroatoms. The number of methoxy groups -OCH3 is 1. The molecule has 0 aromatic heterocycles. The molecule has 0 aliphatic carbocycles. The highest BCUT2D eigenvalue weighted by atomic mass is 19.1. The zero-order valence-corrected chi connectivity index (χ0v) is 10.8. The number of rotatable bonds is 7. The molecule has 1 unspecified atom stereocenters. The van der Waals surface area contributed by atoms with E-state index in [1.54, 1.807) is 0 Å². The molecule has 106 valence electrons. The molecule has 0 spiro atoms. The maximum Gasteiger partial charge on any atom is 0.224 e. The third kappa shape index (κ3) is 5.32. The van der Waals surface area contributed by atoms with Crippen LogP contribution in [-0.4, -0.2) is 32.2 Å². The maximum absolute atomic E-state index is 13.4. The molecule has 19 heavy (non-hydrogen) atoms. The number of hydrogen-bond donors (Lipinski definition) is 2. The number of nitrogens with two attached hydrogens (primary N) is 1. The number of benzene rings is 1. The minimum atomic E-state index is -0.725. The Morgan fingerprint density at radius 2 is 2.21 bits per heavy atom. The lowest BCUT2D eigenvalue weighted by Crippen LogP contribution is -2.40. The molecule has 0 heterocycles. The standard InChI is InChI=1S/C13H18F2N2O2/c1-19-8-11(4-5-16)17-13(18)6-9-2-3-10(14)7-12(9)15/h2-3,7,11H,4-6,8,16H2,1H3,(H,17,18). The average Bonchev–Trinajstić information content (AvgIpc) is 2.33. The van der Waals surface area contributed by atoms with Gasteiger partial charge in [0, 0.05) is 13.2 Å². The van der Waals surface area contributed by atoms with Gasteiger partial charge in [0.2, 0.25) is 5.91 Å². The number of carbonyl (C=O) groups excluding carboxylic acids is 1. The number of nitrogens with one attached hydrogen (secondary N) is 1. The van der Waals surface area contributed by atoms with Crippen molar-refractivity contribution in [1.29, 1.82) is 0 Å². The summed E-state index contributed by atoms with van der Waals surface area (Å²) in [6.45, 7) is 0.758. The van der Waals surface area contributed by atoms with Crippen LogP contribution in [0.15, 0.2) is 18.2 Å². The molecule has 4 nitrogen and oxygen atoms in total. The van der Waals surface area contributed by atoms with Crippen molar-refractivity contribution < 1.29 is 18.3 Å². The highest BCUT2D eigenvalue weighted by molar-refractivity contribution is 5.78. The molecule has 0 bridgehead atoms. The van der Waals surface area contributed by atoms with Gasteiger partial charge in [-0.25, -0.2) is 8.78 Å². The lowest BCUT2D eigenvalue weighted by atomic mass is 10.1. The van der Waals surface area contributed by atoms with Crippen molar-refractivity contribution in [2.24, 2.45) is 5.73 Å². The van der Waals surface area contributed by atoms with E-state index in [0.717, 1.165) is 12.1 Å². The van der Waals surface area contributed by atoms with E-state index in [1.165, 1.54) is 13.2 Å². The van der Waals surface area contributed by atoms with Crippen LogP contribution in [0.5, 0.6) is 0 Å². The Balaban J connectivity index is 2.58. The maximum atomic E-state index is 13.4. The van der Waals surface area contributed by atoms with Gasteiger partial charge >= 0.3 is 0 Å². The SMILES string of the molecule is COCC(CCN)NC(=O)Cc1ccc(F)cc1F. The molecule has 0 fully saturated rings. The van der Waals surface area contributed by atoms with Gasteiger partial charge in [0.25, 0.3) is 0 Å². The van der Waals surface area contributed by atoms with Crippen molar-refractivity contribution in [2.45, 2.75) is 18.9 Å². The number of carbonyl (C=O) groups is 1. The second kappa shape index (κ2) is 7.81. The minimum absolute atomic E-state index is 0.142. The summed E-state index contributed by atoms with van der Waals surface area (Å²) in [5.41, 5.74) is 5.58. The van der Waals surface area contributed by atoms with Crippen molar-refractivity contribution in [3.8, 4) is 0 Å². The zero-order valence-electron chi connectivity index (χ0n) is 10.8. The molecular weight excluding hydrogens is 254 g/mol. The molecule has 1 amide bonds. The van der Waals surface area contributed by atoms with E-state index in [0.29, 0.717) is 19.6 Å². The second-order valence-electron chi connectivity index (χ2n) is 4.21. The van der Waals surface area contributed by atoms with Crippen molar-refractivity contribution in [3.63, 3.8) is 0 Å². The van der Waals surface area contributed by atoms with Crippen LogP contribution in [0.4, 0.5) is 8.78 Å². The number of hydrogen-bond acceptors (Lipinski definition) is 3. The lowest BCUT2D eigenvalue weighted by Gasteiger charge is -2.17. The van der Waals surface area contributed by atoms with E-state index in [2.05, 4.69) is 5.32 Å². The molecular formula is C13H18F2N2O2. The summed E-state index contributed by atoms with van der Waals surface area (Å²) in [4.78, 5) is 11.7. The Hall–Kier alpha value is -1.53. The first-order valence-corrected chi connectivity index (χ1v) is 5.99. The van der Waals surface area contributed by atoms with Crippen LogP contribution in [0.25, 0.3) is 0 Å². The Kier molecular flexibility index (Phi) is 6.38. The van der Waals surface area contributed by atoms with Gasteiger partial charge in [-0.1, -0.05) is 6.07 Å². The average molecular weight is 272 g/mol. The van der Waals surface area contributed by atoms with Crippen molar-refractivity contribution in [1.82, 2.24) is 5.32 Å². The van der Waals surface area contributed by atoms with Gasteiger partial charge in [-0.05, 0) is 24.6 Å². The normalized spacial score (nSPS) is 12.2. The quantitative estimate of drug-likeness (QED) is 0.778. The molecule has 1 aromatic rings. The summed E-state index contributed by atoms with van der Waals surface area (Å²) in [5.74, 6) is -1.74. The van der Waals surface area contributed by atoms with Gasteiger partial charge in [-0.3, -0.25) is 4.79 Å². The van der Waals surface area contributed by atoms with Gasteiger partial charge in [0.1, 0.15) is 11.6 Å². The number of ether oxygens (including phenoxy) is 1. The van der Waals surface area contributed by atoms with Crippen LogP contribution in [0.2, 0.25) is 0 Å². The first-order chi connectivity index (χ1) is 9.06. The van der Waals surface area contributed by atoms with Gasteiger partial charge in [-0.15, -0.1) is 0 Å². The fraction of sp³-hybridized carbons (Fsp3) is 0.462. The Morgan fingerprint density at radius 3 is 2.79 bits per heavy atom. The molecule has 0 aliphatic heterocycles. The largest absolute Gasteiger partial charge is 0.383 e. The predicted molar refractivity (Wildman–Crippen MR) is 67.5 cm³/mol. The molecule has 3 N–H and O–H groups in total. The van der Waals surface area contributed by atoms with Gasteiger partial charge < -0.3 is 15.8 Å². The molecule has 0 saturated carbocycles. The Bertz CT molecular complexity index is 421. The highest BCUT2D eigenvalue weighted by Gasteiger charge is 2.14.